The highest BCUT2D eigenvalue weighted by molar-refractivity contribution is 7.16. The van der Waals surface area contributed by atoms with Gasteiger partial charge in [-0.2, -0.15) is 4.99 Å². The molecule has 0 unspecified atom stereocenters. The molecule has 0 radical (unpaired) electrons. The van der Waals surface area contributed by atoms with Crippen LogP contribution in [0.15, 0.2) is 41.4 Å². The molecule has 0 saturated carbocycles. The molecule has 0 spiro atoms. The van der Waals surface area contributed by atoms with Crippen molar-refractivity contribution < 1.29 is 23.9 Å². The zero-order valence-electron chi connectivity index (χ0n) is 17.2. The van der Waals surface area contributed by atoms with E-state index in [9.17, 15) is 14.4 Å². The number of nitrogens with zero attached hydrogens (tertiary/aromatic N) is 2. The van der Waals surface area contributed by atoms with Crippen LogP contribution in [-0.4, -0.2) is 36.1 Å². The lowest BCUT2D eigenvalue weighted by Crippen LogP contribution is -2.23. The van der Waals surface area contributed by atoms with E-state index in [2.05, 4.69) is 4.99 Å². The summed E-state index contributed by atoms with van der Waals surface area (Å²) in [7, 11) is 1.25. The number of thiazole rings is 1. The quantitative estimate of drug-likeness (QED) is 0.584. The van der Waals surface area contributed by atoms with Crippen LogP contribution in [0.25, 0.3) is 10.2 Å². The summed E-state index contributed by atoms with van der Waals surface area (Å²) in [5.74, 6) is -1.62. The van der Waals surface area contributed by atoms with Crippen molar-refractivity contribution in [2.24, 2.45) is 4.99 Å². The van der Waals surface area contributed by atoms with Gasteiger partial charge in [0.25, 0.3) is 5.91 Å². The van der Waals surface area contributed by atoms with Crippen molar-refractivity contribution in [2.45, 2.75) is 27.3 Å². The lowest BCUT2D eigenvalue weighted by atomic mass is 10.1. The fraction of sp³-hybridized carbons (Fsp3) is 0.273. The molecule has 156 valence electrons. The third kappa shape index (κ3) is 4.33. The number of esters is 2. The second-order valence-corrected chi connectivity index (χ2v) is 7.64. The van der Waals surface area contributed by atoms with Crippen LogP contribution in [0.4, 0.5) is 0 Å². The molecule has 0 atom stereocenters. The summed E-state index contributed by atoms with van der Waals surface area (Å²) in [5, 5.41) is 0. The maximum absolute atomic E-state index is 12.9. The lowest BCUT2D eigenvalue weighted by molar-refractivity contribution is -0.143. The monoisotopic (exact) mass is 426 g/mol. The van der Waals surface area contributed by atoms with Crippen LogP contribution in [0.1, 0.15) is 38.8 Å². The van der Waals surface area contributed by atoms with Gasteiger partial charge in [-0.25, -0.2) is 4.79 Å². The van der Waals surface area contributed by atoms with Crippen LogP contribution >= 0.6 is 11.3 Å². The molecule has 8 heteroatoms. The molecular weight excluding hydrogens is 404 g/mol. The van der Waals surface area contributed by atoms with Gasteiger partial charge in [-0.05, 0) is 56.2 Å². The molecule has 0 fully saturated rings. The average Bonchev–Trinajstić information content (AvgIpc) is 3.03. The molecule has 2 aromatic carbocycles. The van der Waals surface area contributed by atoms with Crippen LogP contribution in [0.5, 0.6) is 0 Å². The van der Waals surface area contributed by atoms with Crippen molar-refractivity contribution in [1.82, 2.24) is 4.57 Å². The predicted octanol–water partition coefficient (Wildman–Crippen LogP) is 3.41. The molecule has 3 rings (SSSR count). The molecule has 0 saturated heterocycles. The van der Waals surface area contributed by atoms with E-state index in [1.165, 1.54) is 30.6 Å². The lowest BCUT2D eigenvalue weighted by Gasteiger charge is -2.07. The number of hydrogen-bond acceptors (Lipinski definition) is 6. The van der Waals surface area contributed by atoms with Crippen molar-refractivity contribution in [1.29, 1.82) is 0 Å². The Labute approximate surface area is 177 Å². The van der Waals surface area contributed by atoms with Gasteiger partial charge in [-0.3, -0.25) is 9.59 Å². The number of aromatic nitrogens is 1. The maximum Gasteiger partial charge on any atom is 0.338 e. The van der Waals surface area contributed by atoms with E-state index >= 15 is 0 Å². The molecule has 1 heterocycles. The number of ether oxygens (including phenoxy) is 2. The highest BCUT2D eigenvalue weighted by Gasteiger charge is 2.18. The second-order valence-electron chi connectivity index (χ2n) is 6.63. The normalized spacial score (nSPS) is 11.5. The van der Waals surface area contributed by atoms with Gasteiger partial charge in [-0.15, -0.1) is 0 Å². The molecule has 7 nitrogen and oxygen atoms in total. The number of amides is 1. The summed E-state index contributed by atoms with van der Waals surface area (Å²) < 4.78 is 12.4. The van der Waals surface area contributed by atoms with Crippen LogP contribution in [0, 0.1) is 13.8 Å². The number of carbonyl (C=O) groups is 3. The molecule has 1 amide bonds. The Morgan fingerprint density at radius 1 is 1.07 bits per heavy atom. The minimum absolute atomic E-state index is 0.0684. The van der Waals surface area contributed by atoms with E-state index in [1.54, 1.807) is 23.6 Å². The third-order valence-corrected chi connectivity index (χ3v) is 5.69. The number of hydrogen-bond donors (Lipinski definition) is 0. The zero-order valence-corrected chi connectivity index (χ0v) is 18.0. The highest BCUT2D eigenvalue weighted by atomic mass is 32.1. The first-order chi connectivity index (χ1) is 14.3. The number of benzene rings is 2. The summed E-state index contributed by atoms with van der Waals surface area (Å²) >= 11 is 1.30. The van der Waals surface area contributed by atoms with E-state index in [0.29, 0.717) is 4.80 Å². The largest absolute Gasteiger partial charge is 0.465 e. The van der Waals surface area contributed by atoms with Gasteiger partial charge in [0.05, 0.1) is 35.1 Å². The van der Waals surface area contributed by atoms with Gasteiger partial charge in [0, 0.05) is 0 Å². The fourth-order valence-corrected chi connectivity index (χ4v) is 4.11. The van der Waals surface area contributed by atoms with Gasteiger partial charge in [0.15, 0.2) is 4.80 Å². The van der Waals surface area contributed by atoms with Gasteiger partial charge in [0.1, 0.15) is 6.54 Å². The SMILES string of the molecule is CCOC(=O)Cn1c(=NC(=O)c2ccccc2C(=O)OC)sc2cc(C)c(C)cc21. The minimum atomic E-state index is -0.615. The van der Waals surface area contributed by atoms with E-state index in [-0.39, 0.29) is 24.3 Å². The Balaban J connectivity index is 2.17. The smallest absolute Gasteiger partial charge is 0.338 e. The van der Waals surface area contributed by atoms with Crippen LogP contribution < -0.4 is 4.80 Å². The topological polar surface area (TPSA) is 87.0 Å². The van der Waals surface area contributed by atoms with Gasteiger partial charge in [0.2, 0.25) is 0 Å². The molecule has 3 aromatic rings. The summed E-state index contributed by atoms with van der Waals surface area (Å²) in [4.78, 5) is 41.7. The van der Waals surface area contributed by atoms with Crippen LogP contribution in [0.2, 0.25) is 0 Å². The zero-order chi connectivity index (χ0) is 21.8. The van der Waals surface area contributed by atoms with E-state index in [4.69, 9.17) is 9.47 Å². The number of methoxy groups -OCH3 is 1. The molecule has 0 bridgehead atoms. The number of rotatable bonds is 5. The molecule has 0 aliphatic rings. The third-order valence-electron chi connectivity index (χ3n) is 4.65. The molecule has 0 N–H and O–H groups in total. The fourth-order valence-electron chi connectivity index (χ4n) is 3.00. The maximum atomic E-state index is 12.9. The van der Waals surface area contributed by atoms with Gasteiger partial charge >= 0.3 is 11.9 Å². The van der Waals surface area contributed by atoms with Crippen molar-refractivity contribution >= 4 is 39.4 Å². The Morgan fingerprint density at radius 2 is 1.73 bits per heavy atom. The molecule has 0 aliphatic heterocycles. The summed E-state index contributed by atoms with van der Waals surface area (Å²) in [5.41, 5.74) is 3.23. The number of fused-ring (bicyclic) bond motifs is 1. The number of carbonyl (C=O) groups excluding carboxylic acids is 3. The van der Waals surface area contributed by atoms with Crippen LogP contribution in [0.3, 0.4) is 0 Å². The predicted molar refractivity (Wildman–Crippen MR) is 114 cm³/mol. The van der Waals surface area contributed by atoms with E-state index in [1.807, 2.05) is 26.0 Å². The molecule has 0 aliphatic carbocycles. The Morgan fingerprint density at radius 3 is 2.40 bits per heavy atom. The highest BCUT2D eigenvalue weighted by Crippen LogP contribution is 2.22. The Kier molecular flexibility index (Phi) is 6.47. The summed E-state index contributed by atoms with van der Waals surface area (Å²) in [6, 6.07) is 10.3. The summed E-state index contributed by atoms with van der Waals surface area (Å²) in [6.45, 7) is 5.91. The van der Waals surface area contributed by atoms with Gasteiger partial charge < -0.3 is 14.0 Å². The minimum Gasteiger partial charge on any atom is -0.465 e. The summed E-state index contributed by atoms with van der Waals surface area (Å²) in [6.07, 6.45) is 0. The van der Waals surface area contributed by atoms with Gasteiger partial charge in [-0.1, -0.05) is 23.5 Å². The molecule has 1 aromatic heterocycles. The first-order valence-electron chi connectivity index (χ1n) is 9.38. The van der Waals surface area contributed by atoms with Crippen molar-refractivity contribution in [3.63, 3.8) is 0 Å². The first-order valence-corrected chi connectivity index (χ1v) is 10.2. The van der Waals surface area contributed by atoms with E-state index < -0.39 is 17.8 Å². The molecular formula is C22H22N2O5S. The van der Waals surface area contributed by atoms with E-state index in [0.717, 1.165) is 21.3 Å². The number of aryl methyl sites for hydroxylation is 2. The Bertz CT molecular complexity index is 1210. The van der Waals surface area contributed by atoms with Crippen molar-refractivity contribution in [3.8, 4) is 0 Å². The van der Waals surface area contributed by atoms with Crippen LogP contribution in [-0.2, 0) is 20.8 Å². The first kappa shape index (κ1) is 21.4. The second kappa shape index (κ2) is 9.04. The van der Waals surface area contributed by atoms with Crippen molar-refractivity contribution in [2.75, 3.05) is 13.7 Å². The molecule has 30 heavy (non-hydrogen) atoms. The van der Waals surface area contributed by atoms with Crippen molar-refractivity contribution in [3.05, 3.63) is 63.5 Å². The standard InChI is InChI=1S/C22H22N2O5S/c1-5-29-19(25)12-24-17-10-13(2)14(3)11-18(17)30-22(24)23-20(26)15-8-6-7-9-16(15)21(27)28-4/h6-11H,5,12H2,1-4H3. The average molecular weight is 426 g/mol. The Hall–Kier alpha value is -3.26.